The van der Waals surface area contributed by atoms with Crippen LogP contribution in [0.2, 0.25) is 0 Å². The first-order valence-electron chi connectivity index (χ1n) is 2.17. The Bertz CT molecular complexity index is 47.4. The molecule has 4 nitrogen and oxygen atoms in total. The van der Waals surface area contributed by atoms with Crippen LogP contribution in [0, 0.1) is 0 Å². The Kier molecular flexibility index (Phi) is 2.86. The fourth-order valence-corrected chi connectivity index (χ4v) is 0.187. The Hall–Kier alpha value is -0.160. The summed E-state index contributed by atoms with van der Waals surface area (Å²) >= 11 is 0. The number of rotatable bonds is 2. The van der Waals surface area contributed by atoms with E-state index in [1.54, 1.807) is 0 Å². The summed E-state index contributed by atoms with van der Waals surface area (Å²) in [7, 11) is 0. The minimum Gasteiger partial charge on any atom is -0.313 e. The van der Waals surface area contributed by atoms with Crippen molar-refractivity contribution in [1.82, 2.24) is 5.17 Å². The first-order chi connectivity index (χ1) is 3.18. The van der Waals surface area contributed by atoms with Crippen molar-refractivity contribution in [2.75, 3.05) is 0 Å². The zero-order valence-electron chi connectivity index (χ0n) is 4.33. The van der Waals surface area contributed by atoms with Gasteiger partial charge in [0.25, 0.3) is 0 Å². The molecule has 1 atom stereocenters. The van der Waals surface area contributed by atoms with Crippen molar-refractivity contribution in [3.05, 3.63) is 0 Å². The Morgan fingerprint density at radius 2 is 2.29 bits per heavy atom. The van der Waals surface area contributed by atoms with E-state index in [-0.39, 0.29) is 0 Å². The van der Waals surface area contributed by atoms with Crippen molar-refractivity contribution < 1.29 is 5.21 Å². The molecule has 4 heteroatoms. The Morgan fingerprint density at radius 3 is 2.29 bits per heavy atom. The molecule has 0 aliphatic carbocycles. The van der Waals surface area contributed by atoms with Gasteiger partial charge in [0, 0.05) is 0 Å². The number of hydroxylamine groups is 1. The molecule has 44 valence electrons. The Morgan fingerprint density at radius 1 is 1.86 bits per heavy atom. The molecule has 0 aromatic heterocycles. The quantitative estimate of drug-likeness (QED) is 0.245. The van der Waals surface area contributed by atoms with Gasteiger partial charge in [-0.1, -0.05) is 6.92 Å². The van der Waals surface area contributed by atoms with Gasteiger partial charge in [0.2, 0.25) is 0 Å². The highest BCUT2D eigenvalue weighted by molar-refractivity contribution is 4.44. The standard InChI is InChI=1S/C3H11N3O/c1-2-3(4)6(5)7/h3,7H,2,4-5H2,1H3. The third kappa shape index (κ3) is 2.52. The van der Waals surface area contributed by atoms with Crippen LogP contribution in [0.3, 0.4) is 0 Å². The second-order valence-corrected chi connectivity index (χ2v) is 1.36. The Balaban J connectivity index is 3.14. The molecular weight excluding hydrogens is 94.1 g/mol. The molecule has 0 amide bonds. The highest BCUT2D eigenvalue weighted by atomic mass is 16.5. The van der Waals surface area contributed by atoms with Crippen LogP contribution in [0.15, 0.2) is 0 Å². The summed E-state index contributed by atoms with van der Waals surface area (Å²) in [6.07, 6.45) is 0.215. The fraction of sp³-hybridized carbons (Fsp3) is 1.00. The van der Waals surface area contributed by atoms with E-state index >= 15 is 0 Å². The summed E-state index contributed by atoms with van der Waals surface area (Å²) < 4.78 is 0. The summed E-state index contributed by atoms with van der Waals surface area (Å²) in [6, 6.07) is 0. The summed E-state index contributed by atoms with van der Waals surface area (Å²) in [4.78, 5) is 0. The van der Waals surface area contributed by atoms with Crippen LogP contribution in [0.25, 0.3) is 0 Å². The highest BCUT2D eigenvalue weighted by Gasteiger charge is 2.00. The van der Waals surface area contributed by atoms with E-state index in [2.05, 4.69) is 0 Å². The molecule has 1 unspecified atom stereocenters. The monoisotopic (exact) mass is 105 g/mol. The first-order valence-corrected chi connectivity index (χ1v) is 2.17. The van der Waals surface area contributed by atoms with Crippen LogP contribution in [0.4, 0.5) is 0 Å². The summed E-state index contributed by atoms with van der Waals surface area (Å²) in [6.45, 7) is 1.83. The molecular formula is C3H11N3O. The van der Waals surface area contributed by atoms with Crippen LogP contribution in [0.5, 0.6) is 0 Å². The number of hydrogen-bond donors (Lipinski definition) is 3. The molecule has 0 aromatic rings. The molecule has 0 rings (SSSR count). The smallest absolute Gasteiger partial charge is 0.0972 e. The molecule has 5 N–H and O–H groups in total. The van der Waals surface area contributed by atoms with Crippen molar-refractivity contribution in [1.29, 1.82) is 0 Å². The molecule has 0 radical (unpaired) electrons. The number of nitrogens with two attached hydrogens (primary N) is 2. The minimum absolute atomic E-state index is 0.431. The lowest BCUT2D eigenvalue weighted by Gasteiger charge is -2.13. The maximum Gasteiger partial charge on any atom is 0.0972 e. The van der Waals surface area contributed by atoms with Crippen molar-refractivity contribution in [3.63, 3.8) is 0 Å². The molecule has 0 spiro atoms. The molecule has 0 saturated carbocycles. The van der Waals surface area contributed by atoms with Gasteiger partial charge in [-0.05, 0) is 6.42 Å². The van der Waals surface area contributed by atoms with Gasteiger partial charge in [-0.3, -0.25) is 5.21 Å². The SMILES string of the molecule is CCC(N)N(N)O. The average Bonchev–Trinajstić information content (AvgIpc) is 1.65. The predicted molar refractivity (Wildman–Crippen MR) is 26.1 cm³/mol. The lowest BCUT2D eigenvalue weighted by Crippen LogP contribution is -2.43. The van der Waals surface area contributed by atoms with Gasteiger partial charge < -0.3 is 5.73 Å². The first kappa shape index (κ1) is 6.84. The molecule has 0 aromatic carbocycles. The van der Waals surface area contributed by atoms with Gasteiger partial charge in [-0.2, -0.15) is 0 Å². The molecule has 0 saturated heterocycles. The largest absolute Gasteiger partial charge is 0.313 e. The normalized spacial score (nSPS) is 15.0. The fourth-order valence-electron chi connectivity index (χ4n) is 0.187. The van der Waals surface area contributed by atoms with E-state index in [0.717, 1.165) is 0 Å². The molecule has 0 aliphatic rings. The second kappa shape index (κ2) is 2.92. The van der Waals surface area contributed by atoms with E-state index < -0.39 is 6.17 Å². The maximum atomic E-state index is 8.31. The molecule has 0 heterocycles. The topological polar surface area (TPSA) is 75.5 Å². The average molecular weight is 105 g/mol. The molecule has 7 heavy (non-hydrogen) atoms. The van der Waals surface area contributed by atoms with Gasteiger partial charge in [0.05, 0.1) is 6.17 Å². The molecule has 0 aliphatic heterocycles. The van der Waals surface area contributed by atoms with Crippen molar-refractivity contribution >= 4 is 0 Å². The van der Waals surface area contributed by atoms with E-state index in [9.17, 15) is 0 Å². The third-order valence-electron chi connectivity index (χ3n) is 0.758. The zero-order valence-corrected chi connectivity index (χ0v) is 4.33. The van der Waals surface area contributed by atoms with Crippen LogP contribution < -0.4 is 11.6 Å². The zero-order chi connectivity index (χ0) is 5.86. The van der Waals surface area contributed by atoms with Gasteiger partial charge in [0.1, 0.15) is 0 Å². The van der Waals surface area contributed by atoms with Crippen LogP contribution in [0.1, 0.15) is 13.3 Å². The molecule has 0 fully saturated rings. The highest BCUT2D eigenvalue weighted by Crippen LogP contribution is 1.83. The number of nitrogens with zero attached hydrogens (tertiary/aromatic N) is 1. The van der Waals surface area contributed by atoms with Crippen LogP contribution in [-0.4, -0.2) is 16.5 Å². The van der Waals surface area contributed by atoms with Crippen LogP contribution >= 0.6 is 0 Å². The van der Waals surface area contributed by atoms with E-state index in [1.165, 1.54) is 0 Å². The Labute approximate surface area is 42.6 Å². The van der Waals surface area contributed by atoms with E-state index in [0.29, 0.717) is 11.6 Å². The van der Waals surface area contributed by atoms with Gasteiger partial charge in [-0.25, -0.2) is 5.84 Å². The summed E-state index contributed by atoms with van der Waals surface area (Å²) in [5.74, 6) is 4.81. The van der Waals surface area contributed by atoms with Crippen molar-refractivity contribution in [2.45, 2.75) is 19.5 Å². The van der Waals surface area contributed by atoms with Gasteiger partial charge in [-0.15, -0.1) is 5.17 Å². The van der Waals surface area contributed by atoms with Gasteiger partial charge in [0.15, 0.2) is 0 Å². The van der Waals surface area contributed by atoms with Gasteiger partial charge >= 0.3 is 0 Å². The number of hydrogen-bond acceptors (Lipinski definition) is 4. The second-order valence-electron chi connectivity index (χ2n) is 1.36. The number of hydrazine groups is 1. The summed E-state index contributed by atoms with van der Waals surface area (Å²) in [5, 5.41) is 8.81. The van der Waals surface area contributed by atoms with Crippen LogP contribution in [-0.2, 0) is 0 Å². The lowest BCUT2D eigenvalue weighted by molar-refractivity contribution is -0.128. The maximum absolute atomic E-state index is 8.31. The summed E-state index contributed by atoms with van der Waals surface area (Å²) in [5.41, 5.74) is 5.17. The third-order valence-corrected chi connectivity index (χ3v) is 0.758. The van der Waals surface area contributed by atoms with Crippen molar-refractivity contribution in [3.8, 4) is 0 Å². The minimum atomic E-state index is -0.431. The van der Waals surface area contributed by atoms with E-state index in [4.69, 9.17) is 16.8 Å². The van der Waals surface area contributed by atoms with E-state index in [1.807, 2.05) is 6.92 Å². The predicted octanol–water partition coefficient (Wildman–Crippen LogP) is -0.754. The molecule has 0 bridgehead atoms. The lowest BCUT2D eigenvalue weighted by atomic mass is 10.4. The van der Waals surface area contributed by atoms with Crippen molar-refractivity contribution in [2.24, 2.45) is 11.6 Å².